The summed E-state index contributed by atoms with van der Waals surface area (Å²) in [6, 6.07) is 0. The van der Waals surface area contributed by atoms with E-state index in [9.17, 15) is 14.9 Å². The van der Waals surface area contributed by atoms with Gasteiger partial charge in [0.05, 0.1) is 11.5 Å². The second-order valence-electron chi connectivity index (χ2n) is 4.09. The van der Waals surface area contributed by atoms with Crippen LogP contribution in [0.25, 0.3) is 0 Å². The highest BCUT2D eigenvalue weighted by Gasteiger charge is 2.29. The maximum atomic E-state index is 11.2. The highest BCUT2D eigenvalue weighted by atomic mass is 16.6. The van der Waals surface area contributed by atoms with E-state index in [4.69, 9.17) is 4.74 Å². The smallest absolute Gasteiger partial charge is 0.310 e. The summed E-state index contributed by atoms with van der Waals surface area (Å²) in [4.78, 5) is 21.6. The fourth-order valence-electron chi connectivity index (χ4n) is 2.07. The molecular formula is C10H13N3O4. The van der Waals surface area contributed by atoms with Gasteiger partial charge in [0.25, 0.3) is 0 Å². The number of nitro groups is 1. The second kappa shape index (κ2) is 4.62. The molecular weight excluding hydrogens is 226 g/mol. The number of hydrogen-bond donors (Lipinski definition) is 0. The zero-order valence-corrected chi connectivity index (χ0v) is 9.46. The molecule has 1 saturated heterocycles. The van der Waals surface area contributed by atoms with Crippen LogP contribution >= 0.6 is 0 Å². The molecule has 1 fully saturated rings. The van der Waals surface area contributed by atoms with Crippen LogP contribution in [0.5, 0.6) is 0 Å². The van der Waals surface area contributed by atoms with Crippen molar-refractivity contribution in [1.29, 1.82) is 0 Å². The molecule has 0 aliphatic carbocycles. The molecule has 1 aliphatic heterocycles. The molecule has 1 aliphatic rings. The van der Waals surface area contributed by atoms with Crippen molar-refractivity contribution in [2.75, 3.05) is 13.2 Å². The van der Waals surface area contributed by atoms with Gasteiger partial charge in [-0.2, -0.15) is 5.10 Å². The van der Waals surface area contributed by atoms with Crippen molar-refractivity contribution in [3.05, 3.63) is 22.0 Å². The Bertz CT molecular complexity index is 454. The van der Waals surface area contributed by atoms with Crippen molar-refractivity contribution in [1.82, 2.24) is 9.78 Å². The summed E-state index contributed by atoms with van der Waals surface area (Å²) in [5.74, 6) is -0.105. The number of aromatic nitrogens is 2. The normalized spacial score (nSPS) is 21.2. The summed E-state index contributed by atoms with van der Waals surface area (Å²) in [5.41, 5.74) is 0.528. The zero-order valence-electron chi connectivity index (χ0n) is 9.46. The van der Waals surface area contributed by atoms with Crippen LogP contribution in [0.2, 0.25) is 0 Å². The van der Waals surface area contributed by atoms with E-state index in [1.54, 1.807) is 7.05 Å². The first-order valence-electron chi connectivity index (χ1n) is 5.35. The van der Waals surface area contributed by atoms with Crippen LogP contribution in [0.1, 0.15) is 24.5 Å². The number of hydrogen-bond acceptors (Lipinski definition) is 5. The quantitative estimate of drug-likeness (QED) is 0.562. The van der Waals surface area contributed by atoms with Crippen LogP contribution in [0.15, 0.2) is 6.20 Å². The van der Waals surface area contributed by atoms with Crippen molar-refractivity contribution >= 4 is 11.5 Å². The Labute approximate surface area is 97.5 Å². The molecule has 0 saturated carbocycles. The Hall–Kier alpha value is -1.76. The van der Waals surface area contributed by atoms with Gasteiger partial charge in [0.1, 0.15) is 18.5 Å². The number of aryl methyl sites for hydroxylation is 1. The van der Waals surface area contributed by atoms with E-state index in [0.717, 1.165) is 0 Å². The summed E-state index contributed by atoms with van der Waals surface area (Å²) in [5, 5.41) is 14.8. The number of Topliss-reactive ketones (excluding diaryl/α,β-unsaturated/α-hetero) is 1. The molecule has 2 rings (SSSR count). The fraction of sp³-hybridized carbons (Fsp3) is 0.600. The monoisotopic (exact) mass is 239 g/mol. The number of carbonyl (C=O) groups excluding carboxylic acids is 1. The van der Waals surface area contributed by atoms with Crippen molar-refractivity contribution in [2.45, 2.75) is 18.8 Å². The van der Waals surface area contributed by atoms with Gasteiger partial charge in [-0.1, -0.05) is 0 Å². The predicted molar refractivity (Wildman–Crippen MR) is 57.7 cm³/mol. The third-order valence-corrected chi connectivity index (χ3v) is 2.90. The average molecular weight is 239 g/mol. The van der Waals surface area contributed by atoms with E-state index in [-0.39, 0.29) is 24.0 Å². The van der Waals surface area contributed by atoms with Crippen LogP contribution < -0.4 is 0 Å². The minimum Gasteiger partial charge on any atom is -0.373 e. The van der Waals surface area contributed by atoms with Crippen LogP contribution in [0.3, 0.4) is 0 Å². The zero-order chi connectivity index (χ0) is 12.4. The summed E-state index contributed by atoms with van der Waals surface area (Å²) >= 11 is 0. The summed E-state index contributed by atoms with van der Waals surface area (Å²) in [6.45, 7) is 0.425. The Morgan fingerprint density at radius 3 is 3.12 bits per heavy atom. The number of ketones is 1. The molecule has 0 radical (unpaired) electrons. The molecule has 0 spiro atoms. The molecule has 0 amide bonds. The summed E-state index contributed by atoms with van der Waals surface area (Å²) < 4.78 is 6.71. The molecule has 0 unspecified atom stereocenters. The average Bonchev–Trinajstić information content (AvgIpc) is 2.52. The molecule has 7 heteroatoms. The molecule has 1 atom stereocenters. The molecule has 92 valence electrons. The topological polar surface area (TPSA) is 87.3 Å². The van der Waals surface area contributed by atoms with Crippen molar-refractivity contribution in [3.8, 4) is 0 Å². The van der Waals surface area contributed by atoms with Crippen molar-refractivity contribution < 1.29 is 14.5 Å². The molecule has 0 N–H and O–H groups in total. The predicted octanol–water partition coefficient (Wildman–Crippen LogP) is 0.791. The third-order valence-electron chi connectivity index (χ3n) is 2.90. The van der Waals surface area contributed by atoms with E-state index in [0.29, 0.717) is 25.1 Å². The van der Waals surface area contributed by atoms with Gasteiger partial charge >= 0.3 is 5.69 Å². The Kier molecular flexibility index (Phi) is 3.19. The van der Waals surface area contributed by atoms with Crippen LogP contribution in [-0.4, -0.2) is 33.7 Å². The third kappa shape index (κ3) is 2.33. The van der Waals surface area contributed by atoms with Crippen LogP contribution in [0, 0.1) is 10.1 Å². The van der Waals surface area contributed by atoms with E-state index in [2.05, 4.69) is 5.10 Å². The van der Waals surface area contributed by atoms with Gasteiger partial charge in [-0.05, 0) is 6.42 Å². The second-order valence-corrected chi connectivity index (χ2v) is 4.09. The first-order chi connectivity index (χ1) is 8.09. The lowest BCUT2D eigenvalue weighted by molar-refractivity contribution is -0.385. The molecule has 2 heterocycles. The summed E-state index contributed by atoms with van der Waals surface area (Å²) in [7, 11) is 1.66. The van der Waals surface area contributed by atoms with Crippen LogP contribution in [0.4, 0.5) is 5.69 Å². The van der Waals surface area contributed by atoms with Gasteiger partial charge in [-0.25, -0.2) is 0 Å². The number of ether oxygens (including phenoxy) is 1. The number of carbonyl (C=O) groups is 1. The van der Waals surface area contributed by atoms with Gasteiger partial charge < -0.3 is 4.74 Å². The Balaban J connectivity index is 2.29. The first kappa shape index (κ1) is 11.7. The van der Waals surface area contributed by atoms with Crippen LogP contribution in [-0.2, 0) is 16.6 Å². The number of rotatable bonds is 2. The van der Waals surface area contributed by atoms with E-state index >= 15 is 0 Å². The van der Waals surface area contributed by atoms with Gasteiger partial charge in [0, 0.05) is 19.4 Å². The van der Waals surface area contributed by atoms with Gasteiger partial charge in [-0.3, -0.25) is 19.6 Å². The minimum absolute atomic E-state index is 0.00421. The van der Waals surface area contributed by atoms with Crippen molar-refractivity contribution in [3.63, 3.8) is 0 Å². The SMILES string of the molecule is Cn1ncc([N+](=O)[O-])c1[C@@H]1CCC(=O)COC1. The molecule has 1 aromatic heterocycles. The molecule has 0 bridgehead atoms. The maximum Gasteiger partial charge on any atom is 0.310 e. The highest BCUT2D eigenvalue weighted by Crippen LogP contribution is 2.30. The molecule has 17 heavy (non-hydrogen) atoms. The molecule has 7 nitrogen and oxygen atoms in total. The standard InChI is InChI=1S/C10H13N3O4/c1-12-10(9(4-11-12)13(15)16)7-2-3-8(14)6-17-5-7/h4,7H,2-3,5-6H2,1H3/t7-/m1/s1. The first-order valence-corrected chi connectivity index (χ1v) is 5.35. The lowest BCUT2D eigenvalue weighted by atomic mass is 9.99. The molecule has 1 aromatic rings. The van der Waals surface area contributed by atoms with Gasteiger partial charge in [-0.15, -0.1) is 0 Å². The number of nitrogens with zero attached hydrogens (tertiary/aromatic N) is 3. The lowest BCUT2D eigenvalue weighted by Gasteiger charge is -2.12. The highest BCUT2D eigenvalue weighted by molar-refractivity contribution is 5.79. The van der Waals surface area contributed by atoms with E-state index in [1.807, 2.05) is 0 Å². The van der Waals surface area contributed by atoms with E-state index < -0.39 is 4.92 Å². The van der Waals surface area contributed by atoms with Gasteiger partial charge in [0.2, 0.25) is 0 Å². The summed E-state index contributed by atoms with van der Waals surface area (Å²) in [6.07, 6.45) is 2.20. The van der Waals surface area contributed by atoms with Gasteiger partial charge in [0.15, 0.2) is 5.78 Å². The lowest BCUT2D eigenvalue weighted by Crippen LogP contribution is -2.12. The molecule has 0 aromatic carbocycles. The Morgan fingerprint density at radius 1 is 1.65 bits per heavy atom. The largest absolute Gasteiger partial charge is 0.373 e. The van der Waals surface area contributed by atoms with Crippen molar-refractivity contribution in [2.24, 2.45) is 7.05 Å². The minimum atomic E-state index is -0.449. The fourth-order valence-corrected chi connectivity index (χ4v) is 2.07. The maximum absolute atomic E-state index is 11.2. The van der Waals surface area contributed by atoms with E-state index in [1.165, 1.54) is 10.9 Å². The Morgan fingerprint density at radius 2 is 2.41 bits per heavy atom.